The van der Waals surface area contributed by atoms with Crippen LogP contribution in [0.1, 0.15) is 48.3 Å². The fourth-order valence-electron chi connectivity index (χ4n) is 3.33. The molecule has 1 saturated heterocycles. The van der Waals surface area contributed by atoms with Gasteiger partial charge in [-0.1, -0.05) is 19.1 Å². The van der Waals surface area contributed by atoms with Crippen molar-refractivity contribution in [3.05, 3.63) is 47.3 Å². The number of anilines is 2. The quantitative estimate of drug-likeness (QED) is 0.840. The SMILES string of the molecule is CC(=O)c1cnc(NCc2ccc(N3CCCC(C)C3)cc2)nc1C. The number of rotatable bonds is 5. The minimum absolute atomic E-state index is 0.00771. The lowest BCUT2D eigenvalue weighted by Crippen LogP contribution is -2.34. The predicted molar refractivity (Wildman–Crippen MR) is 101 cm³/mol. The van der Waals surface area contributed by atoms with Crippen molar-refractivity contribution in [3.63, 3.8) is 0 Å². The zero-order valence-electron chi connectivity index (χ0n) is 15.2. The van der Waals surface area contributed by atoms with Gasteiger partial charge in [0.15, 0.2) is 5.78 Å². The molecule has 3 rings (SSSR count). The highest BCUT2D eigenvalue weighted by Gasteiger charge is 2.16. The van der Waals surface area contributed by atoms with Gasteiger partial charge in [-0.05, 0) is 50.3 Å². The zero-order valence-corrected chi connectivity index (χ0v) is 15.2. The highest BCUT2D eigenvalue weighted by molar-refractivity contribution is 5.94. The summed E-state index contributed by atoms with van der Waals surface area (Å²) in [6.45, 7) is 8.64. The fraction of sp³-hybridized carbons (Fsp3) is 0.450. The van der Waals surface area contributed by atoms with Gasteiger partial charge in [0, 0.05) is 31.5 Å². The molecule has 5 nitrogen and oxygen atoms in total. The third kappa shape index (κ3) is 4.35. The number of carbonyl (C=O) groups is 1. The molecule has 1 N–H and O–H groups in total. The van der Waals surface area contributed by atoms with Crippen LogP contribution in [0.2, 0.25) is 0 Å². The normalized spacial score (nSPS) is 17.4. The third-order valence-corrected chi connectivity index (χ3v) is 4.77. The Balaban J connectivity index is 1.60. The van der Waals surface area contributed by atoms with E-state index in [0.717, 1.165) is 19.0 Å². The highest BCUT2D eigenvalue weighted by atomic mass is 16.1. The Morgan fingerprint density at radius 1 is 1.32 bits per heavy atom. The molecule has 0 saturated carbocycles. The van der Waals surface area contributed by atoms with Crippen LogP contribution in [-0.4, -0.2) is 28.8 Å². The van der Waals surface area contributed by atoms with E-state index in [-0.39, 0.29) is 5.78 Å². The molecule has 1 aromatic carbocycles. The minimum Gasteiger partial charge on any atom is -0.371 e. The molecule has 1 unspecified atom stereocenters. The third-order valence-electron chi connectivity index (χ3n) is 4.77. The molecule has 1 aliphatic rings. The van der Waals surface area contributed by atoms with Crippen LogP contribution in [0.5, 0.6) is 0 Å². The van der Waals surface area contributed by atoms with E-state index in [1.165, 1.54) is 31.0 Å². The summed E-state index contributed by atoms with van der Waals surface area (Å²) in [5, 5.41) is 3.23. The van der Waals surface area contributed by atoms with Gasteiger partial charge in [-0.25, -0.2) is 9.97 Å². The molecular formula is C20H26N4O. The second-order valence-electron chi connectivity index (χ2n) is 6.96. The van der Waals surface area contributed by atoms with Crippen LogP contribution in [0.15, 0.2) is 30.5 Å². The maximum atomic E-state index is 11.4. The van der Waals surface area contributed by atoms with E-state index in [1.54, 1.807) is 6.20 Å². The van der Waals surface area contributed by atoms with Gasteiger partial charge in [-0.15, -0.1) is 0 Å². The molecule has 2 aromatic rings. The van der Waals surface area contributed by atoms with Gasteiger partial charge in [0.25, 0.3) is 0 Å². The summed E-state index contributed by atoms with van der Waals surface area (Å²) in [4.78, 5) is 22.5. The van der Waals surface area contributed by atoms with Gasteiger partial charge in [-0.3, -0.25) is 4.79 Å². The number of ketones is 1. The van der Waals surface area contributed by atoms with E-state index in [2.05, 4.69) is 51.4 Å². The molecule has 5 heteroatoms. The molecular weight excluding hydrogens is 312 g/mol. The Bertz CT molecular complexity index is 742. The highest BCUT2D eigenvalue weighted by Crippen LogP contribution is 2.23. The van der Waals surface area contributed by atoms with E-state index in [1.807, 2.05) is 6.92 Å². The Hall–Kier alpha value is -2.43. The molecule has 132 valence electrons. The fourth-order valence-corrected chi connectivity index (χ4v) is 3.33. The van der Waals surface area contributed by atoms with Gasteiger partial charge in [0.1, 0.15) is 0 Å². The monoisotopic (exact) mass is 338 g/mol. The maximum Gasteiger partial charge on any atom is 0.223 e. The van der Waals surface area contributed by atoms with E-state index in [4.69, 9.17) is 0 Å². The van der Waals surface area contributed by atoms with Gasteiger partial charge in [0.2, 0.25) is 5.95 Å². The number of Topliss-reactive ketones (excluding diaryl/α,β-unsaturated/α-hetero) is 1. The number of aromatic nitrogens is 2. The Kier molecular flexibility index (Phi) is 5.31. The van der Waals surface area contributed by atoms with Crippen LogP contribution in [0.25, 0.3) is 0 Å². The van der Waals surface area contributed by atoms with Crippen molar-refractivity contribution in [2.45, 2.75) is 40.2 Å². The van der Waals surface area contributed by atoms with Crippen LogP contribution < -0.4 is 10.2 Å². The van der Waals surface area contributed by atoms with Crippen molar-refractivity contribution in [1.29, 1.82) is 0 Å². The van der Waals surface area contributed by atoms with Crippen molar-refractivity contribution >= 4 is 17.4 Å². The van der Waals surface area contributed by atoms with E-state index in [9.17, 15) is 4.79 Å². The van der Waals surface area contributed by atoms with Crippen molar-refractivity contribution in [2.75, 3.05) is 23.3 Å². The van der Waals surface area contributed by atoms with Gasteiger partial charge in [0.05, 0.1) is 11.3 Å². The molecule has 1 aliphatic heterocycles. The Morgan fingerprint density at radius 2 is 2.08 bits per heavy atom. The lowest BCUT2D eigenvalue weighted by molar-refractivity contribution is 0.101. The van der Waals surface area contributed by atoms with Gasteiger partial charge in [-0.2, -0.15) is 0 Å². The smallest absolute Gasteiger partial charge is 0.223 e. The lowest BCUT2D eigenvalue weighted by Gasteiger charge is -2.32. The molecule has 1 fully saturated rings. The van der Waals surface area contributed by atoms with E-state index in [0.29, 0.717) is 23.8 Å². The minimum atomic E-state index is -0.00771. The zero-order chi connectivity index (χ0) is 17.8. The molecule has 1 aromatic heterocycles. The summed E-state index contributed by atoms with van der Waals surface area (Å²) >= 11 is 0. The summed E-state index contributed by atoms with van der Waals surface area (Å²) in [7, 11) is 0. The number of nitrogens with zero attached hydrogens (tertiary/aromatic N) is 3. The maximum absolute atomic E-state index is 11.4. The summed E-state index contributed by atoms with van der Waals surface area (Å²) in [5.74, 6) is 1.32. The molecule has 25 heavy (non-hydrogen) atoms. The average molecular weight is 338 g/mol. The molecule has 0 bridgehead atoms. The number of piperidine rings is 1. The first-order valence-electron chi connectivity index (χ1n) is 8.95. The molecule has 2 heterocycles. The van der Waals surface area contributed by atoms with Crippen molar-refractivity contribution in [3.8, 4) is 0 Å². The van der Waals surface area contributed by atoms with Crippen molar-refractivity contribution < 1.29 is 4.79 Å². The van der Waals surface area contributed by atoms with E-state index < -0.39 is 0 Å². The van der Waals surface area contributed by atoms with Crippen LogP contribution in [0.4, 0.5) is 11.6 Å². The number of hydrogen-bond donors (Lipinski definition) is 1. The first kappa shape index (κ1) is 17.4. The Labute approximate surface area is 149 Å². The summed E-state index contributed by atoms with van der Waals surface area (Å²) in [6, 6.07) is 8.69. The number of hydrogen-bond acceptors (Lipinski definition) is 5. The van der Waals surface area contributed by atoms with E-state index >= 15 is 0 Å². The molecule has 0 aliphatic carbocycles. The van der Waals surface area contributed by atoms with Crippen molar-refractivity contribution in [1.82, 2.24) is 9.97 Å². The van der Waals surface area contributed by atoms with Crippen LogP contribution in [0, 0.1) is 12.8 Å². The lowest BCUT2D eigenvalue weighted by atomic mass is 9.99. The number of nitrogens with one attached hydrogen (secondary N) is 1. The second-order valence-corrected chi connectivity index (χ2v) is 6.96. The number of carbonyl (C=O) groups excluding carboxylic acids is 1. The standard InChI is InChI=1S/C20H26N4O/c1-14-5-4-10-24(13-14)18-8-6-17(7-9-18)11-21-20-22-12-19(16(3)25)15(2)23-20/h6-9,12,14H,4-5,10-11,13H2,1-3H3,(H,21,22,23). The Morgan fingerprint density at radius 3 is 2.72 bits per heavy atom. The molecule has 0 spiro atoms. The van der Waals surface area contributed by atoms with Gasteiger partial charge < -0.3 is 10.2 Å². The summed E-state index contributed by atoms with van der Waals surface area (Å²) in [5.41, 5.74) is 3.77. The van der Waals surface area contributed by atoms with Crippen LogP contribution in [-0.2, 0) is 6.54 Å². The average Bonchev–Trinajstić information content (AvgIpc) is 2.60. The van der Waals surface area contributed by atoms with Crippen LogP contribution in [0.3, 0.4) is 0 Å². The van der Waals surface area contributed by atoms with Crippen molar-refractivity contribution in [2.24, 2.45) is 5.92 Å². The predicted octanol–water partition coefficient (Wildman–Crippen LogP) is 3.84. The number of benzene rings is 1. The largest absolute Gasteiger partial charge is 0.371 e. The summed E-state index contributed by atoms with van der Waals surface area (Å²) in [6.07, 6.45) is 4.20. The molecule has 0 amide bonds. The van der Waals surface area contributed by atoms with Gasteiger partial charge >= 0.3 is 0 Å². The van der Waals surface area contributed by atoms with Crippen LogP contribution >= 0.6 is 0 Å². The molecule has 1 atom stereocenters. The second kappa shape index (κ2) is 7.64. The topological polar surface area (TPSA) is 58.1 Å². The number of aryl methyl sites for hydroxylation is 1. The first-order valence-corrected chi connectivity index (χ1v) is 8.95. The summed E-state index contributed by atoms with van der Waals surface area (Å²) < 4.78 is 0. The first-order chi connectivity index (χ1) is 12.0. The molecule has 0 radical (unpaired) electrons.